The maximum absolute atomic E-state index is 13.9. The number of aryl methyl sites for hydroxylation is 2. The lowest BCUT2D eigenvalue weighted by Crippen LogP contribution is -1.97. The first-order valence-corrected chi connectivity index (χ1v) is 6.59. The maximum Gasteiger partial charge on any atom is 0.232 e. The molecule has 21 heavy (non-hydrogen) atoms. The molecule has 2 heterocycles. The summed E-state index contributed by atoms with van der Waals surface area (Å²) in [6, 6.07) is 7.07. The Morgan fingerprint density at radius 1 is 1.10 bits per heavy atom. The third-order valence-electron chi connectivity index (χ3n) is 3.14. The second kappa shape index (κ2) is 5.47. The van der Waals surface area contributed by atoms with Gasteiger partial charge in [0.05, 0.1) is 12.1 Å². The number of hydrogen-bond acceptors (Lipinski definition) is 5. The van der Waals surface area contributed by atoms with Crippen LogP contribution in [-0.4, -0.2) is 15.3 Å². The zero-order valence-electron chi connectivity index (χ0n) is 11.8. The zero-order chi connectivity index (χ0) is 14.8. The fourth-order valence-corrected chi connectivity index (χ4v) is 2.11. The molecule has 0 aliphatic heterocycles. The monoisotopic (exact) mass is 287 g/mol. The third kappa shape index (κ3) is 2.99. The highest BCUT2D eigenvalue weighted by atomic mass is 19.1. The standard InChI is InChI=1S/C15H14FN3O2/c1-9-4-3-5-11(15(9)16)7-13-17-14(21-19-13)8-12-6-10(2)20-18-12/h3-6H,7-8H2,1-2H3. The molecule has 0 unspecified atom stereocenters. The molecule has 0 aliphatic rings. The van der Waals surface area contributed by atoms with Gasteiger partial charge in [-0.15, -0.1) is 0 Å². The lowest BCUT2D eigenvalue weighted by atomic mass is 10.1. The Kier molecular flexibility index (Phi) is 3.51. The van der Waals surface area contributed by atoms with E-state index in [0.29, 0.717) is 35.7 Å². The van der Waals surface area contributed by atoms with Crippen LogP contribution in [0.2, 0.25) is 0 Å². The first-order valence-electron chi connectivity index (χ1n) is 6.59. The quantitative estimate of drug-likeness (QED) is 0.738. The van der Waals surface area contributed by atoms with Crippen molar-refractivity contribution < 1.29 is 13.4 Å². The molecule has 5 nitrogen and oxygen atoms in total. The van der Waals surface area contributed by atoms with Crippen molar-refractivity contribution in [3.8, 4) is 0 Å². The molecule has 0 amide bonds. The first-order chi connectivity index (χ1) is 10.1. The Balaban J connectivity index is 1.74. The average Bonchev–Trinajstić information content (AvgIpc) is 3.05. The average molecular weight is 287 g/mol. The predicted octanol–water partition coefficient (Wildman–Crippen LogP) is 3.00. The summed E-state index contributed by atoms with van der Waals surface area (Å²) in [5.74, 6) is 1.39. The Morgan fingerprint density at radius 3 is 2.71 bits per heavy atom. The van der Waals surface area contributed by atoms with Gasteiger partial charge in [-0.05, 0) is 25.0 Å². The smallest absolute Gasteiger partial charge is 0.232 e. The molecule has 0 aliphatic carbocycles. The second-order valence-corrected chi connectivity index (χ2v) is 4.93. The molecule has 1 aromatic carbocycles. The van der Waals surface area contributed by atoms with E-state index in [4.69, 9.17) is 9.05 Å². The van der Waals surface area contributed by atoms with Gasteiger partial charge in [0.15, 0.2) is 5.82 Å². The lowest BCUT2D eigenvalue weighted by molar-refractivity contribution is 0.368. The van der Waals surface area contributed by atoms with Crippen LogP contribution in [0.3, 0.4) is 0 Å². The maximum atomic E-state index is 13.9. The van der Waals surface area contributed by atoms with Crippen molar-refractivity contribution in [2.45, 2.75) is 26.7 Å². The number of rotatable bonds is 4. The summed E-state index contributed by atoms with van der Waals surface area (Å²) in [4.78, 5) is 4.25. The summed E-state index contributed by atoms with van der Waals surface area (Å²) >= 11 is 0. The fourth-order valence-electron chi connectivity index (χ4n) is 2.11. The van der Waals surface area contributed by atoms with E-state index in [1.807, 2.05) is 19.1 Å². The second-order valence-electron chi connectivity index (χ2n) is 4.93. The highest BCUT2D eigenvalue weighted by Crippen LogP contribution is 2.15. The summed E-state index contributed by atoms with van der Waals surface area (Å²) in [6.07, 6.45) is 0.704. The molecule has 2 aromatic heterocycles. The third-order valence-corrected chi connectivity index (χ3v) is 3.14. The fraction of sp³-hybridized carbons (Fsp3) is 0.267. The zero-order valence-corrected chi connectivity index (χ0v) is 11.8. The van der Waals surface area contributed by atoms with E-state index in [1.165, 1.54) is 0 Å². The topological polar surface area (TPSA) is 65.0 Å². The van der Waals surface area contributed by atoms with Gasteiger partial charge in [0, 0.05) is 12.5 Å². The Morgan fingerprint density at radius 2 is 1.95 bits per heavy atom. The van der Waals surface area contributed by atoms with Crippen LogP contribution in [0.1, 0.15) is 34.3 Å². The van der Waals surface area contributed by atoms with Crippen LogP contribution in [0, 0.1) is 19.7 Å². The van der Waals surface area contributed by atoms with Gasteiger partial charge in [-0.25, -0.2) is 4.39 Å². The molecule has 3 aromatic rings. The summed E-state index contributed by atoms with van der Waals surface area (Å²) < 4.78 is 24.1. The molecule has 0 radical (unpaired) electrons. The van der Waals surface area contributed by atoms with E-state index in [1.54, 1.807) is 19.1 Å². The molecule has 6 heteroatoms. The van der Waals surface area contributed by atoms with Crippen LogP contribution in [0.4, 0.5) is 4.39 Å². The van der Waals surface area contributed by atoms with Crippen molar-refractivity contribution in [1.82, 2.24) is 15.3 Å². The molecule has 0 fully saturated rings. The summed E-state index contributed by atoms with van der Waals surface area (Å²) in [5.41, 5.74) is 1.89. The van der Waals surface area contributed by atoms with E-state index in [2.05, 4.69) is 15.3 Å². The lowest BCUT2D eigenvalue weighted by Gasteiger charge is -2.01. The minimum atomic E-state index is -0.226. The van der Waals surface area contributed by atoms with Crippen LogP contribution in [0.5, 0.6) is 0 Å². The number of benzene rings is 1. The van der Waals surface area contributed by atoms with Gasteiger partial charge >= 0.3 is 0 Å². The molecule has 0 saturated heterocycles. The van der Waals surface area contributed by atoms with Gasteiger partial charge in [0.1, 0.15) is 11.6 Å². The largest absolute Gasteiger partial charge is 0.361 e. The van der Waals surface area contributed by atoms with Crippen molar-refractivity contribution in [1.29, 1.82) is 0 Å². The Labute approximate surface area is 120 Å². The highest BCUT2D eigenvalue weighted by molar-refractivity contribution is 5.27. The summed E-state index contributed by atoms with van der Waals surface area (Å²) in [6.45, 7) is 3.55. The molecule has 0 atom stereocenters. The first kappa shape index (κ1) is 13.5. The molecule has 0 spiro atoms. The number of nitrogens with zero attached hydrogens (tertiary/aromatic N) is 3. The Hall–Kier alpha value is -2.50. The van der Waals surface area contributed by atoms with Crippen LogP contribution >= 0.6 is 0 Å². The van der Waals surface area contributed by atoms with Gasteiger partial charge in [-0.3, -0.25) is 0 Å². The molecule has 0 N–H and O–H groups in total. The van der Waals surface area contributed by atoms with Crippen LogP contribution in [0.25, 0.3) is 0 Å². The minimum Gasteiger partial charge on any atom is -0.361 e. The van der Waals surface area contributed by atoms with Crippen molar-refractivity contribution in [2.24, 2.45) is 0 Å². The molecule has 0 bridgehead atoms. The number of halogens is 1. The van der Waals surface area contributed by atoms with E-state index in [0.717, 1.165) is 11.5 Å². The van der Waals surface area contributed by atoms with E-state index >= 15 is 0 Å². The predicted molar refractivity (Wildman–Crippen MR) is 72.3 cm³/mol. The minimum absolute atomic E-state index is 0.226. The normalized spacial score (nSPS) is 11.0. The van der Waals surface area contributed by atoms with Gasteiger partial charge < -0.3 is 9.05 Å². The van der Waals surface area contributed by atoms with E-state index in [9.17, 15) is 4.39 Å². The van der Waals surface area contributed by atoms with Gasteiger partial charge in [0.2, 0.25) is 5.89 Å². The Bertz CT molecular complexity index is 764. The van der Waals surface area contributed by atoms with Gasteiger partial charge in [0.25, 0.3) is 0 Å². The highest BCUT2D eigenvalue weighted by Gasteiger charge is 2.12. The van der Waals surface area contributed by atoms with Crippen LogP contribution < -0.4 is 0 Å². The van der Waals surface area contributed by atoms with Gasteiger partial charge in [-0.1, -0.05) is 28.5 Å². The molecule has 0 saturated carbocycles. The molecular weight excluding hydrogens is 273 g/mol. The van der Waals surface area contributed by atoms with Crippen molar-refractivity contribution in [3.05, 3.63) is 64.4 Å². The summed E-state index contributed by atoms with van der Waals surface area (Å²) in [7, 11) is 0. The SMILES string of the molecule is Cc1cc(Cc2nc(Cc3cccc(C)c3F)no2)no1. The molecular formula is C15H14FN3O2. The van der Waals surface area contributed by atoms with E-state index in [-0.39, 0.29) is 5.82 Å². The van der Waals surface area contributed by atoms with Crippen molar-refractivity contribution in [2.75, 3.05) is 0 Å². The van der Waals surface area contributed by atoms with Crippen LogP contribution in [-0.2, 0) is 12.8 Å². The number of hydrogen-bond donors (Lipinski definition) is 0. The van der Waals surface area contributed by atoms with E-state index < -0.39 is 0 Å². The van der Waals surface area contributed by atoms with Crippen LogP contribution in [0.15, 0.2) is 33.3 Å². The molecule has 108 valence electrons. The van der Waals surface area contributed by atoms with Gasteiger partial charge in [-0.2, -0.15) is 4.98 Å². The summed E-state index contributed by atoms with van der Waals surface area (Å²) in [5, 5.41) is 7.74. The van der Waals surface area contributed by atoms with Crippen molar-refractivity contribution in [3.63, 3.8) is 0 Å². The number of aromatic nitrogens is 3. The van der Waals surface area contributed by atoms with Crippen molar-refractivity contribution >= 4 is 0 Å². The molecule has 3 rings (SSSR count).